The van der Waals surface area contributed by atoms with Crippen LogP contribution in [0.2, 0.25) is 0 Å². The van der Waals surface area contributed by atoms with Gasteiger partial charge in [-0.2, -0.15) is 0 Å². The summed E-state index contributed by atoms with van der Waals surface area (Å²) in [6.45, 7) is 3.86. The predicted molar refractivity (Wildman–Crippen MR) is 39.1 cm³/mol. The van der Waals surface area contributed by atoms with Crippen LogP contribution in [0.3, 0.4) is 0 Å². The van der Waals surface area contributed by atoms with E-state index in [4.69, 9.17) is 0 Å². The lowest BCUT2D eigenvalue weighted by Gasteiger charge is -2.16. The second kappa shape index (κ2) is 1.86. The van der Waals surface area contributed by atoms with Crippen LogP contribution in [0.25, 0.3) is 0 Å². The van der Waals surface area contributed by atoms with Gasteiger partial charge in [0.2, 0.25) is 0 Å². The Labute approximate surface area is 57.0 Å². The van der Waals surface area contributed by atoms with E-state index in [1.807, 2.05) is 0 Å². The molecule has 0 aromatic rings. The second-order valence-electron chi connectivity index (χ2n) is 3.57. The molecule has 2 aliphatic carbocycles. The predicted octanol–water partition coefficient (Wildman–Crippen LogP) is 2.61. The Morgan fingerprint density at radius 1 is 1.22 bits per heavy atom. The van der Waals surface area contributed by atoms with Crippen molar-refractivity contribution in [2.75, 3.05) is 0 Å². The minimum absolute atomic E-state index is 0.892. The molecule has 2 aliphatic rings. The lowest BCUT2D eigenvalue weighted by Crippen LogP contribution is -2.06. The third-order valence-electron chi connectivity index (χ3n) is 3.10. The summed E-state index contributed by atoms with van der Waals surface area (Å²) in [4.78, 5) is 0. The molecule has 0 amide bonds. The minimum Gasteiger partial charge on any atom is -0.103 e. The first-order valence-corrected chi connectivity index (χ1v) is 4.02. The van der Waals surface area contributed by atoms with Crippen molar-refractivity contribution in [2.24, 2.45) is 17.8 Å². The first-order chi connectivity index (χ1) is 4.40. The SMILES string of the molecule is C=CC1CC2CCC1C2. The highest BCUT2D eigenvalue weighted by Gasteiger charge is 2.37. The molecule has 2 fully saturated rings. The normalized spacial score (nSPS) is 47.8. The maximum absolute atomic E-state index is 3.86. The highest BCUT2D eigenvalue weighted by atomic mass is 14.4. The summed E-state index contributed by atoms with van der Waals surface area (Å²) in [5.74, 6) is 3.01. The van der Waals surface area contributed by atoms with Gasteiger partial charge in [-0.15, -0.1) is 6.58 Å². The van der Waals surface area contributed by atoms with E-state index < -0.39 is 0 Å². The van der Waals surface area contributed by atoms with E-state index in [0.717, 1.165) is 17.8 Å². The van der Waals surface area contributed by atoms with Gasteiger partial charge in [-0.25, -0.2) is 0 Å². The molecule has 0 saturated heterocycles. The molecule has 0 N–H and O–H groups in total. The Hall–Kier alpha value is -0.260. The first-order valence-electron chi connectivity index (χ1n) is 4.02. The average molecular weight is 122 g/mol. The number of allylic oxidation sites excluding steroid dienone is 1. The molecule has 0 aliphatic heterocycles. The van der Waals surface area contributed by atoms with Gasteiger partial charge >= 0.3 is 0 Å². The minimum atomic E-state index is 0.892. The van der Waals surface area contributed by atoms with Crippen molar-refractivity contribution in [1.82, 2.24) is 0 Å². The van der Waals surface area contributed by atoms with Crippen molar-refractivity contribution in [3.63, 3.8) is 0 Å². The zero-order chi connectivity index (χ0) is 6.27. The lowest BCUT2D eigenvalue weighted by atomic mass is 9.89. The van der Waals surface area contributed by atoms with Gasteiger partial charge in [0.15, 0.2) is 0 Å². The van der Waals surface area contributed by atoms with Crippen LogP contribution in [0, 0.1) is 17.8 Å². The number of rotatable bonds is 1. The average Bonchev–Trinajstić information content (AvgIpc) is 2.45. The fraction of sp³-hybridized carbons (Fsp3) is 0.778. The summed E-state index contributed by atoms with van der Waals surface area (Å²) in [7, 11) is 0. The van der Waals surface area contributed by atoms with Crippen molar-refractivity contribution in [2.45, 2.75) is 25.7 Å². The molecule has 0 heterocycles. The molecule has 0 nitrogen and oxygen atoms in total. The Bertz CT molecular complexity index is 126. The van der Waals surface area contributed by atoms with E-state index in [1.165, 1.54) is 25.7 Å². The van der Waals surface area contributed by atoms with Crippen LogP contribution in [0.15, 0.2) is 12.7 Å². The Morgan fingerprint density at radius 2 is 2.11 bits per heavy atom. The molecular weight excluding hydrogens is 108 g/mol. The quantitative estimate of drug-likeness (QED) is 0.469. The van der Waals surface area contributed by atoms with Crippen molar-refractivity contribution in [3.05, 3.63) is 12.7 Å². The summed E-state index contributed by atoms with van der Waals surface area (Å²) < 4.78 is 0. The maximum Gasteiger partial charge on any atom is -0.0205 e. The fourth-order valence-corrected chi connectivity index (χ4v) is 2.58. The van der Waals surface area contributed by atoms with Gasteiger partial charge in [0.05, 0.1) is 0 Å². The molecule has 2 saturated carbocycles. The molecular formula is C9H14. The molecule has 0 aromatic carbocycles. The van der Waals surface area contributed by atoms with Gasteiger partial charge in [-0.1, -0.05) is 12.5 Å². The van der Waals surface area contributed by atoms with Crippen LogP contribution in [0.1, 0.15) is 25.7 Å². The number of hydrogen-bond acceptors (Lipinski definition) is 0. The summed E-state index contributed by atoms with van der Waals surface area (Å²) in [5.41, 5.74) is 0. The lowest BCUT2D eigenvalue weighted by molar-refractivity contribution is 0.395. The Kier molecular flexibility index (Phi) is 1.14. The van der Waals surface area contributed by atoms with Gasteiger partial charge in [0.25, 0.3) is 0 Å². The highest BCUT2D eigenvalue weighted by molar-refractivity contribution is 4.97. The van der Waals surface area contributed by atoms with E-state index in [-0.39, 0.29) is 0 Å². The van der Waals surface area contributed by atoms with Crippen LogP contribution in [0.5, 0.6) is 0 Å². The van der Waals surface area contributed by atoms with E-state index in [1.54, 1.807) is 0 Å². The van der Waals surface area contributed by atoms with Crippen molar-refractivity contribution in [1.29, 1.82) is 0 Å². The van der Waals surface area contributed by atoms with E-state index in [9.17, 15) is 0 Å². The monoisotopic (exact) mass is 122 g/mol. The molecule has 0 spiro atoms. The second-order valence-corrected chi connectivity index (χ2v) is 3.57. The molecule has 2 rings (SSSR count). The third kappa shape index (κ3) is 0.726. The van der Waals surface area contributed by atoms with Crippen molar-refractivity contribution in [3.8, 4) is 0 Å². The van der Waals surface area contributed by atoms with Gasteiger partial charge in [0, 0.05) is 0 Å². The Morgan fingerprint density at radius 3 is 2.44 bits per heavy atom. The zero-order valence-electron chi connectivity index (χ0n) is 5.84. The first kappa shape index (κ1) is 5.52. The van der Waals surface area contributed by atoms with Crippen LogP contribution >= 0.6 is 0 Å². The van der Waals surface area contributed by atoms with Gasteiger partial charge in [-0.05, 0) is 37.0 Å². The molecule has 3 atom stereocenters. The van der Waals surface area contributed by atoms with E-state index in [2.05, 4.69) is 12.7 Å². The van der Waals surface area contributed by atoms with E-state index in [0.29, 0.717) is 0 Å². The van der Waals surface area contributed by atoms with Gasteiger partial charge in [0.1, 0.15) is 0 Å². The Balaban J connectivity index is 2.09. The zero-order valence-corrected chi connectivity index (χ0v) is 5.84. The molecule has 0 aromatic heterocycles. The number of fused-ring (bicyclic) bond motifs is 2. The smallest absolute Gasteiger partial charge is 0.0205 e. The summed E-state index contributed by atoms with van der Waals surface area (Å²) >= 11 is 0. The maximum atomic E-state index is 3.86. The van der Waals surface area contributed by atoms with Crippen molar-refractivity contribution >= 4 is 0 Å². The molecule has 3 unspecified atom stereocenters. The molecule has 50 valence electrons. The standard InChI is InChI=1S/C9H14/c1-2-8-5-7-3-4-9(8)6-7/h2,7-9H,1,3-6H2. The topological polar surface area (TPSA) is 0 Å². The van der Waals surface area contributed by atoms with Crippen LogP contribution in [-0.4, -0.2) is 0 Å². The van der Waals surface area contributed by atoms with Crippen LogP contribution in [0.4, 0.5) is 0 Å². The van der Waals surface area contributed by atoms with E-state index >= 15 is 0 Å². The molecule has 9 heavy (non-hydrogen) atoms. The van der Waals surface area contributed by atoms with Gasteiger partial charge in [-0.3, -0.25) is 0 Å². The van der Waals surface area contributed by atoms with Crippen LogP contribution < -0.4 is 0 Å². The molecule has 0 radical (unpaired) electrons. The fourth-order valence-electron chi connectivity index (χ4n) is 2.58. The third-order valence-corrected chi connectivity index (χ3v) is 3.10. The number of hydrogen-bond donors (Lipinski definition) is 0. The van der Waals surface area contributed by atoms with Crippen LogP contribution in [-0.2, 0) is 0 Å². The molecule has 2 bridgehead atoms. The summed E-state index contributed by atoms with van der Waals surface area (Å²) in [6.07, 6.45) is 8.13. The molecule has 0 heteroatoms. The summed E-state index contributed by atoms with van der Waals surface area (Å²) in [6, 6.07) is 0. The van der Waals surface area contributed by atoms with Gasteiger partial charge < -0.3 is 0 Å². The van der Waals surface area contributed by atoms with Crippen molar-refractivity contribution < 1.29 is 0 Å². The summed E-state index contributed by atoms with van der Waals surface area (Å²) in [5, 5.41) is 0. The highest BCUT2D eigenvalue weighted by Crippen LogP contribution is 2.48. The largest absolute Gasteiger partial charge is 0.103 e.